The molecule has 1 heterocycles. The minimum Gasteiger partial charge on any atom is -0.478 e. The van der Waals surface area contributed by atoms with Crippen molar-refractivity contribution >= 4 is 38.3 Å². The number of hydrogen-bond acceptors (Lipinski definition) is 4. The van der Waals surface area contributed by atoms with Gasteiger partial charge in [-0.3, -0.25) is 0 Å². The second kappa shape index (κ2) is 4.94. The first-order valence-corrected chi connectivity index (χ1v) is 6.92. The maximum absolute atomic E-state index is 11.0. The van der Waals surface area contributed by atoms with Crippen molar-refractivity contribution in [3.63, 3.8) is 0 Å². The van der Waals surface area contributed by atoms with Gasteiger partial charge in [0.2, 0.25) is 0 Å². The Morgan fingerprint density at radius 3 is 2.80 bits per heavy atom. The van der Waals surface area contributed by atoms with E-state index in [0.717, 1.165) is 26.6 Å². The average molecular weight is 284 g/mol. The van der Waals surface area contributed by atoms with Crippen LogP contribution in [0.15, 0.2) is 42.5 Å². The SMILES string of the molecule is Cc1cccc2sc(Nc3cccc(C(=O)O)c3)nc12. The van der Waals surface area contributed by atoms with E-state index >= 15 is 0 Å². The maximum atomic E-state index is 11.0. The summed E-state index contributed by atoms with van der Waals surface area (Å²) in [6.45, 7) is 2.02. The Kier molecular flexibility index (Phi) is 3.12. The van der Waals surface area contributed by atoms with Crippen LogP contribution in [0.2, 0.25) is 0 Å². The molecular formula is C15H12N2O2S. The molecule has 0 unspecified atom stereocenters. The maximum Gasteiger partial charge on any atom is 0.335 e. The van der Waals surface area contributed by atoms with Gasteiger partial charge in [-0.2, -0.15) is 0 Å². The van der Waals surface area contributed by atoms with E-state index in [1.807, 2.05) is 31.2 Å². The normalized spacial score (nSPS) is 10.7. The zero-order valence-electron chi connectivity index (χ0n) is 10.8. The fourth-order valence-corrected chi connectivity index (χ4v) is 2.96. The summed E-state index contributed by atoms with van der Waals surface area (Å²) in [5.74, 6) is -0.936. The van der Waals surface area contributed by atoms with Gasteiger partial charge in [-0.1, -0.05) is 29.5 Å². The third-order valence-electron chi connectivity index (χ3n) is 2.98. The van der Waals surface area contributed by atoms with Crippen LogP contribution < -0.4 is 5.32 Å². The second-order valence-electron chi connectivity index (χ2n) is 4.45. The quantitative estimate of drug-likeness (QED) is 0.761. The van der Waals surface area contributed by atoms with Crippen molar-refractivity contribution in [1.82, 2.24) is 4.98 Å². The minimum atomic E-state index is -0.936. The smallest absolute Gasteiger partial charge is 0.335 e. The van der Waals surface area contributed by atoms with Crippen LogP contribution in [0.25, 0.3) is 10.2 Å². The Morgan fingerprint density at radius 1 is 1.25 bits per heavy atom. The van der Waals surface area contributed by atoms with E-state index in [2.05, 4.69) is 10.3 Å². The molecule has 0 aliphatic rings. The van der Waals surface area contributed by atoms with Crippen molar-refractivity contribution < 1.29 is 9.90 Å². The lowest BCUT2D eigenvalue weighted by atomic mass is 10.2. The van der Waals surface area contributed by atoms with Crippen LogP contribution in [0.4, 0.5) is 10.8 Å². The molecule has 0 radical (unpaired) electrons. The topological polar surface area (TPSA) is 62.2 Å². The molecule has 100 valence electrons. The summed E-state index contributed by atoms with van der Waals surface area (Å²) in [7, 11) is 0. The molecule has 2 aromatic carbocycles. The Balaban J connectivity index is 1.95. The van der Waals surface area contributed by atoms with Crippen molar-refractivity contribution in [3.05, 3.63) is 53.6 Å². The molecule has 0 aliphatic carbocycles. The number of nitrogens with one attached hydrogen (secondary N) is 1. The number of thiazole rings is 1. The van der Waals surface area contributed by atoms with E-state index < -0.39 is 5.97 Å². The van der Waals surface area contributed by atoms with Crippen molar-refractivity contribution in [1.29, 1.82) is 0 Å². The van der Waals surface area contributed by atoms with Crippen LogP contribution in [0.3, 0.4) is 0 Å². The van der Waals surface area contributed by atoms with Gasteiger partial charge in [0.1, 0.15) is 0 Å². The minimum absolute atomic E-state index is 0.257. The van der Waals surface area contributed by atoms with Gasteiger partial charge in [-0.05, 0) is 36.8 Å². The highest BCUT2D eigenvalue weighted by molar-refractivity contribution is 7.22. The van der Waals surface area contributed by atoms with Gasteiger partial charge in [0.05, 0.1) is 15.8 Å². The molecule has 0 amide bonds. The van der Waals surface area contributed by atoms with Gasteiger partial charge < -0.3 is 10.4 Å². The van der Waals surface area contributed by atoms with Crippen molar-refractivity contribution in [2.24, 2.45) is 0 Å². The summed E-state index contributed by atoms with van der Waals surface area (Å²) < 4.78 is 1.11. The molecule has 20 heavy (non-hydrogen) atoms. The predicted molar refractivity (Wildman–Crippen MR) is 81.0 cm³/mol. The number of aromatic carboxylic acids is 1. The highest BCUT2D eigenvalue weighted by atomic mass is 32.1. The van der Waals surface area contributed by atoms with E-state index in [-0.39, 0.29) is 5.56 Å². The number of anilines is 2. The number of benzene rings is 2. The average Bonchev–Trinajstić information content (AvgIpc) is 2.83. The molecule has 4 nitrogen and oxygen atoms in total. The lowest BCUT2D eigenvalue weighted by Gasteiger charge is -2.03. The fourth-order valence-electron chi connectivity index (χ4n) is 1.99. The second-order valence-corrected chi connectivity index (χ2v) is 5.48. The Bertz CT molecular complexity index is 795. The van der Waals surface area contributed by atoms with Crippen LogP contribution in [-0.2, 0) is 0 Å². The first kappa shape index (κ1) is 12.6. The number of hydrogen-bond donors (Lipinski definition) is 2. The third-order valence-corrected chi connectivity index (χ3v) is 3.92. The zero-order valence-corrected chi connectivity index (χ0v) is 11.6. The molecule has 0 saturated heterocycles. The van der Waals surface area contributed by atoms with Crippen molar-refractivity contribution in [2.75, 3.05) is 5.32 Å². The summed E-state index contributed by atoms with van der Waals surface area (Å²) in [6.07, 6.45) is 0. The number of rotatable bonds is 3. The number of carbonyl (C=O) groups is 1. The summed E-state index contributed by atoms with van der Waals surface area (Å²) in [5, 5.41) is 12.9. The van der Waals surface area contributed by atoms with E-state index in [1.54, 1.807) is 29.5 Å². The van der Waals surface area contributed by atoms with Gasteiger partial charge in [-0.25, -0.2) is 9.78 Å². The van der Waals surface area contributed by atoms with Crippen LogP contribution >= 0.6 is 11.3 Å². The molecule has 3 aromatic rings. The molecule has 0 spiro atoms. The number of carboxylic acid groups (broad SMARTS) is 1. The largest absolute Gasteiger partial charge is 0.478 e. The number of para-hydroxylation sites is 1. The molecule has 0 atom stereocenters. The van der Waals surface area contributed by atoms with Crippen LogP contribution in [0.5, 0.6) is 0 Å². The molecular weight excluding hydrogens is 272 g/mol. The highest BCUT2D eigenvalue weighted by Gasteiger charge is 2.07. The van der Waals surface area contributed by atoms with Gasteiger partial charge in [0, 0.05) is 5.69 Å². The molecule has 3 rings (SSSR count). The van der Waals surface area contributed by atoms with Crippen molar-refractivity contribution in [3.8, 4) is 0 Å². The lowest BCUT2D eigenvalue weighted by molar-refractivity contribution is 0.0697. The third kappa shape index (κ3) is 2.35. The molecule has 0 fully saturated rings. The van der Waals surface area contributed by atoms with Gasteiger partial charge in [0.25, 0.3) is 0 Å². The molecule has 0 aliphatic heterocycles. The Morgan fingerprint density at radius 2 is 2.05 bits per heavy atom. The Hall–Kier alpha value is -2.40. The number of fused-ring (bicyclic) bond motifs is 1. The van der Waals surface area contributed by atoms with Crippen LogP contribution in [-0.4, -0.2) is 16.1 Å². The van der Waals surface area contributed by atoms with Gasteiger partial charge >= 0.3 is 5.97 Å². The van der Waals surface area contributed by atoms with Gasteiger partial charge in [0.15, 0.2) is 5.13 Å². The predicted octanol–water partition coefficient (Wildman–Crippen LogP) is 4.05. The molecule has 0 saturated carbocycles. The van der Waals surface area contributed by atoms with E-state index in [0.29, 0.717) is 0 Å². The first-order chi connectivity index (χ1) is 9.63. The molecule has 5 heteroatoms. The van der Waals surface area contributed by atoms with E-state index in [9.17, 15) is 4.79 Å². The summed E-state index contributed by atoms with van der Waals surface area (Å²) in [5.41, 5.74) is 3.09. The number of nitrogens with zero attached hydrogens (tertiary/aromatic N) is 1. The number of aryl methyl sites for hydroxylation is 1. The monoisotopic (exact) mass is 284 g/mol. The van der Waals surface area contributed by atoms with Gasteiger partial charge in [-0.15, -0.1) is 0 Å². The van der Waals surface area contributed by atoms with Crippen LogP contribution in [0.1, 0.15) is 15.9 Å². The lowest BCUT2D eigenvalue weighted by Crippen LogP contribution is -1.97. The Labute approximate surface area is 119 Å². The number of carboxylic acids is 1. The zero-order chi connectivity index (χ0) is 14.1. The van der Waals surface area contributed by atoms with E-state index in [1.165, 1.54) is 0 Å². The van der Waals surface area contributed by atoms with E-state index in [4.69, 9.17) is 5.11 Å². The first-order valence-electron chi connectivity index (χ1n) is 6.10. The van der Waals surface area contributed by atoms with Crippen LogP contribution in [0, 0.1) is 6.92 Å². The molecule has 0 bridgehead atoms. The number of aromatic nitrogens is 1. The highest BCUT2D eigenvalue weighted by Crippen LogP contribution is 2.30. The standard InChI is InChI=1S/C15H12N2O2S/c1-9-4-2-7-12-13(9)17-15(20-12)16-11-6-3-5-10(8-11)14(18)19/h2-8H,1H3,(H,16,17)(H,18,19). The summed E-state index contributed by atoms with van der Waals surface area (Å²) >= 11 is 1.55. The molecule has 2 N–H and O–H groups in total. The van der Waals surface area contributed by atoms with Crippen molar-refractivity contribution in [2.45, 2.75) is 6.92 Å². The fraction of sp³-hybridized carbons (Fsp3) is 0.0667. The summed E-state index contributed by atoms with van der Waals surface area (Å²) in [6, 6.07) is 12.8. The summed E-state index contributed by atoms with van der Waals surface area (Å²) in [4.78, 5) is 15.5. The molecule has 1 aromatic heterocycles.